The van der Waals surface area contributed by atoms with Crippen LogP contribution in [0, 0.1) is 0 Å². The maximum Gasteiger partial charge on any atom is 0.254 e. The van der Waals surface area contributed by atoms with E-state index in [1.807, 2.05) is 4.90 Å². The highest BCUT2D eigenvalue weighted by Gasteiger charge is 2.42. The lowest BCUT2D eigenvalue weighted by atomic mass is 9.97. The van der Waals surface area contributed by atoms with Crippen LogP contribution in [0.5, 0.6) is 11.5 Å². The van der Waals surface area contributed by atoms with Crippen molar-refractivity contribution in [1.82, 2.24) is 4.90 Å². The molecular weight excluding hydrogens is 244 g/mol. The van der Waals surface area contributed by atoms with Crippen LogP contribution in [0.2, 0.25) is 0 Å². The summed E-state index contributed by atoms with van der Waals surface area (Å²) in [5, 5.41) is 19.0. The van der Waals surface area contributed by atoms with E-state index >= 15 is 0 Å². The van der Waals surface area contributed by atoms with Crippen molar-refractivity contribution in [3.8, 4) is 11.5 Å². The molecule has 19 heavy (non-hydrogen) atoms. The summed E-state index contributed by atoms with van der Waals surface area (Å²) in [4.78, 5) is 14.4. The third kappa shape index (κ3) is 2.14. The van der Waals surface area contributed by atoms with E-state index < -0.39 is 0 Å². The Balaban J connectivity index is 1.88. The van der Waals surface area contributed by atoms with Crippen LogP contribution in [0.25, 0.3) is 0 Å². The van der Waals surface area contributed by atoms with Gasteiger partial charge in [0.1, 0.15) is 11.5 Å². The molecule has 0 spiro atoms. The van der Waals surface area contributed by atoms with Gasteiger partial charge in [-0.25, -0.2) is 0 Å². The first kappa shape index (κ1) is 12.3. The molecule has 0 aromatic heterocycles. The molecule has 2 saturated heterocycles. The number of aromatic hydroxyl groups is 2. The third-order valence-electron chi connectivity index (χ3n) is 4.15. The van der Waals surface area contributed by atoms with Gasteiger partial charge >= 0.3 is 0 Å². The van der Waals surface area contributed by atoms with Gasteiger partial charge in [0.25, 0.3) is 5.91 Å². The molecule has 2 fully saturated rings. The zero-order valence-electron chi connectivity index (χ0n) is 10.6. The molecule has 1 aromatic carbocycles. The van der Waals surface area contributed by atoms with E-state index in [0.29, 0.717) is 5.56 Å². The minimum atomic E-state index is -0.120. The van der Waals surface area contributed by atoms with Crippen LogP contribution in [-0.4, -0.2) is 39.1 Å². The van der Waals surface area contributed by atoms with E-state index in [9.17, 15) is 15.0 Å². The zero-order chi connectivity index (χ0) is 13.6. The van der Waals surface area contributed by atoms with Crippen LogP contribution in [0.1, 0.15) is 36.0 Å². The van der Waals surface area contributed by atoms with Crippen molar-refractivity contribution >= 4 is 5.91 Å². The molecule has 4 N–H and O–H groups in total. The molecule has 1 aromatic rings. The maximum atomic E-state index is 12.5. The van der Waals surface area contributed by atoms with Crippen molar-refractivity contribution in [3.05, 3.63) is 23.8 Å². The molecule has 2 bridgehead atoms. The lowest BCUT2D eigenvalue weighted by molar-refractivity contribution is 0.0574. The van der Waals surface area contributed by atoms with Crippen molar-refractivity contribution in [2.45, 2.75) is 43.8 Å². The maximum absolute atomic E-state index is 12.5. The molecule has 0 radical (unpaired) electrons. The molecule has 2 unspecified atom stereocenters. The molecule has 2 atom stereocenters. The Morgan fingerprint density at radius 1 is 1.11 bits per heavy atom. The number of phenols is 2. The number of nitrogens with zero attached hydrogens (tertiary/aromatic N) is 1. The molecule has 1 amide bonds. The lowest BCUT2D eigenvalue weighted by Gasteiger charge is -2.37. The van der Waals surface area contributed by atoms with Gasteiger partial charge in [-0.1, -0.05) is 0 Å². The summed E-state index contributed by atoms with van der Waals surface area (Å²) in [5.74, 6) is -0.306. The van der Waals surface area contributed by atoms with E-state index in [2.05, 4.69) is 0 Å². The Labute approximate surface area is 111 Å². The molecule has 5 heteroatoms. The highest BCUT2D eigenvalue weighted by atomic mass is 16.3. The number of amides is 1. The number of phenolic OH excluding ortho intramolecular Hbond substituents is 2. The smallest absolute Gasteiger partial charge is 0.254 e. The van der Waals surface area contributed by atoms with E-state index in [4.69, 9.17) is 5.73 Å². The van der Waals surface area contributed by atoms with Crippen molar-refractivity contribution in [2.75, 3.05) is 0 Å². The summed E-state index contributed by atoms with van der Waals surface area (Å²) in [5.41, 5.74) is 6.32. The number of benzene rings is 1. The number of carbonyl (C=O) groups is 1. The predicted molar refractivity (Wildman–Crippen MR) is 70.0 cm³/mol. The second-order valence-electron chi connectivity index (χ2n) is 5.57. The van der Waals surface area contributed by atoms with Gasteiger partial charge in [-0.05, 0) is 37.8 Å². The quantitative estimate of drug-likeness (QED) is 0.709. The number of carbonyl (C=O) groups excluding carboxylic acids is 1. The summed E-state index contributed by atoms with van der Waals surface area (Å²) in [7, 11) is 0. The first-order chi connectivity index (χ1) is 9.04. The first-order valence-corrected chi connectivity index (χ1v) is 6.66. The molecule has 102 valence electrons. The Morgan fingerprint density at radius 3 is 2.16 bits per heavy atom. The normalized spacial score (nSPS) is 29.5. The first-order valence-electron chi connectivity index (χ1n) is 6.66. The van der Waals surface area contributed by atoms with Crippen LogP contribution < -0.4 is 5.73 Å². The topological polar surface area (TPSA) is 86.8 Å². The summed E-state index contributed by atoms with van der Waals surface area (Å²) in [6.07, 6.45) is 3.67. The SMILES string of the molecule is NC1CC2CCC(C1)N2C(=O)c1cc(O)cc(O)c1. The Kier molecular flexibility index (Phi) is 2.86. The molecular formula is C14H18N2O3. The standard InChI is InChI=1S/C14H18N2O3/c15-9-5-10-1-2-11(6-9)16(10)14(19)8-3-12(17)7-13(18)4-8/h3-4,7,9-11,17-18H,1-2,5-6,15H2. The van der Waals surface area contributed by atoms with Crippen molar-refractivity contribution in [2.24, 2.45) is 5.73 Å². The molecule has 0 aliphatic carbocycles. The molecule has 2 aliphatic rings. The monoisotopic (exact) mass is 262 g/mol. The fourth-order valence-corrected chi connectivity index (χ4v) is 3.42. The van der Waals surface area contributed by atoms with Crippen molar-refractivity contribution < 1.29 is 15.0 Å². The van der Waals surface area contributed by atoms with Crippen LogP contribution in [0.3, 0.4) is 0 Å². The second kappa shape index (κ2) is 4.42. The predicted octanol–water partition coefficient (Wildman–Crippen LogP) is 1.19. The van der Waals surface area contributed by atoms with Gasteiger partial charge in [-0.3, -0.25) is 4.79 Å². The minimum Gasteiger partial charge on any atom is -0.508 e. The fourth-order valence-electron chi connectivity index (χ4n) is 3.42. The Hall–Kier alpha value is -1.75. The van der Waals surface area contributed by atoms with E-state index in [1.165, 1.54) is 18.2 Å². The average Bonchev–Trinajstić information content (AvgIpc) is 2.59. The summed E-state index contributed by atoms with van der Waals surface area (Å²) >= 11 is 0. The summed E-state index contributed by atoms with van der Waals surface area (Å²) < 4.78 is 0. The average molecular weight is 262 g/mol. The molecule has 3 rings (SSSR count). The summed E-state index contributed by atoms with van der Waals surface area (Å²) in [6.45, 7) is 0. The van der Waals surface area contributed by atoms with Crippen LogP contribution in [0.4, 0.5) is 0 Å². The van der Waals surface area contributed by atoms with E-state index in [1.54, 1.807) is 0 Å². The Morgan fingerprint density at radius 2 is 1.63 bits per heavy atom. The van der Waals surface area contributed by atoms with Gasteiger partial charge in [-0.2, -0.15) is 0 Å². The lowest BCUT2D eigenvalue weighted by Crippen LogP contribution is -2.50. The van der Waals surface area contributed by atoms with E-state index in [-0.39, 0.29) is 35.5 Å². The van der Waals surface area contributed by atoms with Gasteiger partial charge in [-0.15, -0.1) is 0 Å². The van der Waals surface area contributed by atoms with Crippen molar-refractivity contribution in [3.63, 3.8) is 0 Å². The Bertz CT molecular complexity index is 483. The largest absolute Gasteiger partial charge is 0.508 e. The number of nitrogens with two attached hydrogens (primary N) is 1. The highest BCUT2D eigenvalue weighted by molar-refractivity contribution is 5.95. The third-order valence-corrected chi connectivity index (χ3v) is 4.15. The van der Waals surface area contributed by atoms with Gasteiger partial charge in [0.05, 0.1) is 0 Å². The van der Waals surface area contributed by atoms with Gasteiger partial charge in [0.2, 0.25) is 0 Å². The van der Waals surface area contributed by atoms with Crippen LogP contribution in [0.15, 0.2) is 18.2 Å². The van der Waals surface area contributed by atoms with Crippen molar-refractivity contribution in [1.29, 1.82) is 0 Å². The van der Waals surface area contributed by atoms with E-state index in [0.717, 1.165) is 25.7 Å². The number of piperidine rings is 1. The number of hydrogen-bond donors (Lipinski definition) is 3. The fraction of sp³-hybridized carbons (Fsp3) is 0.500. The second-order valence-corrected chi connectivity index (χ2v) is 5.57. The molecule has 2 heterocycles. The van der Waals surface area contributed by atoms with Crippen LogP contribution >= 0.6 is 0 Å². The highest BCUT2D eigenvalue weighted by Crippen LogP contribution is 2.36. The zero-order valence-corrected chi connectivity index (χ0v) is 10.6. The number of fused-ring (bicyclic) bond motifs is 2. The molecule has 2 aliphatic heterocycles. The molecule has 0 saturated carbocycles. The minimum absolute atomic E-state index is 0.0931. The van der Waals surface area contributed by atoms with Gasteiger partial charge in [0, 0.05) is 29.8 Å². The number of rotatable bonds is 1. The summed E-state index contributed by atoms with van der Waals surface area (Å²) in [6, 6.07) is 4.60. The van der Waals surface area contributed by atoms with Crippen LogP contribution in [-0.2, 0) is 0 Å². The number of hydrogen-bond acceptors (Lipinski definition) is 4. The molecule has 5 nitrogen and oxygen atoms in total. The van der Waals surface area contributed by atoms with Gasteiger partial charge in [0.15, 0.2) is 0 Å². The van der Waals surface area contributed by atoms with Gasteiger partial charge < -0.3 is 20.8 Å².